The van der Waals surface area contributed by atoms with Crippen LogP contribution in [0.25, 0.3) is 11.4 Å². The largest absolute Gasteiger partial charge is 0.326 e. The molecule has 0 aliphatic heterocycles. The summed E-state index contributed by atoms with van der Waals surface area (Å²) in [6.45, 7) is 1.44. The number of nitrogens with one attached hydrogen (secondary N) is 2. The molecule has 2 aromatic carbocycles. The number of benzene rings is 2. The van der Waals surface area contributed by atoms with Crippen LogP contribution in [0.1, 0.15) is 6.92 Å². The first-order chi connectivity index (χ1) is 13.8. The van der Waals surface area contributed by atoms with E-state index in [1.807, 2.05) is 12.1 Å². The van der Waals surface area contributed by atoms with Crippen molar-refractivity contribution in [2.24, 2.45) is 7.05 Å². The SMILES string of the molecule is CC(=O)Nc1cccc(-c2nnc(SCC(=O)Nc3ccc(F)c(Cl)c3)n2C)c1. The lowest BCUT2D eigenvalue weighted by Gasteiger charge is -2.07. The minimum atomic E-state index is -0.548. The Morgan fingerprint density at radius 2 is 1.90 bits per heavy atom. The van der Waals surface area contributed by atoms with Crippen LogP contribution in [0.3, 0.4) is 0 Å². The first-order valence-electron chi connectivity index (χ1n) is 8.48. The van der Waals surface area contributed by atoms with E-state index in [4.69, 9.17) is 11.6 Å². The predicted molar refractivity (Wildman–Crippen MR) is 112 cm³/mol. The summed E-state index contributed by atoms with van der Waals surface area (Å²) in [4.78, 5) is 23.4. The van der Waals surface area contributed by atoms with Crippen LogP contribution in [0.15, 0.2) is 47.6 Å². The molecule has 2 N–H and O–H groups in total. The van der Waals surface area contributed by atoms with Crippen molar-refractivity contribution in [3.05, 3.63) is 53.3 Å². The van der Waals surface area contributed by atoms with E-state index in [0.29, 0.717) is 22.4 Å². The monoisotopic (exact) mass is 433 g/mol. The van der Waals surface area contributed by atoms with E-state index in [-0.39, 0.29) is 22.6 Å². The van der Waals surface area contributed by atoms with Gasteiger partial charge in [0.25, 0.3) is 0 Å². The molecule has 29 heavy (non-hydrogen) atoms. The molecule has 3 rings (SSSR count). The molecule has 3 aromatic rings. The molecule has 1 heterocycles. The van der Waals surface area contributed by atoms with Gasteiger partial charge in [0, 0.05) is 30.9 Å². The highest BCUT2D eigenvalue weighted by Crippen LogP contribution is 2.25. The van der Waals surface area contributed by atoms with E-state index in [0.717, 1.165) is 5.56 Å². The number of anilines is 2. The normalized spacial score (nSPS) is 10.6. The fourth-order valence-electron chi connectivity index (χ4n) is 2.53. The minimum Gasteiger partial charge on any atom is -0.326 e. The molecule has 7 nitrogen and oxygen atoms in total. The van der Waals surface area contributed by atoms with Crippen molar-refractivity contribution in [1.82, 2.24) is 14.8 Å². The number of rotatable bonds is 6. The first-order valence-corrected chi connectivity index (χ1v) is 9.85. The zero-order valence-electron chi connectivity index (χ0n) is 15.6. The van der Waals surface area contributed by atoms with Crippen LogP contribution >= 0.6 is 23.4 Å². The molecule has 0 unspecified atom stereocenters. The van der Waals surface area contributed by atoms with Crippen LogP contribution in [-0.2, 0) is 16.6 Å². The molecule has 0 spiro atoms. The first kappa shape index (κ1) is 20.8. The van der Waals surface area contributed by atoms with Crippen LogP contribution in [0, 0.1) is 5.82 Å². The van der Waals surface area contributed by atoms with Crippen molar-refractivity contribution in [2.45, 2.75) is 12.1 Å². The maximum Gasteiger partial charge on any atom is 0.234 e. The number of hydrogen-bond donors (Lipinski definition) is 2. The van der Waals surface area contributed by atoms with Crippen molar-refractivity contribution in [2.75, 3.05) is 16.4 Å². The number of carbonyl (C=O) groups is 2. The third-order valence-electron chi connectivity index (χ3n) is 3.81. The fraction of sp³-hybridized carbons (Fsp3) is 0.158. The van der Waals surface area contributed by atoms with Crippen molar-refractivity contribution in [3.63, 3.8) is 0 Å². The van der Waals surface area contributed by atoms with E-state index in [1.54, 1.807) is 23.7 Å². The summed E-state index contributed by atoms with van der Waals surface area (Å²) in [6, 6.07) is 11.2. The second-order valence-electron chi connectivity index (χ2n) is 6.09. The molecule has 2 amide bonds. The molecule has 1 aromatic heterocycles. The predicted octanol–water partition coefficient (Wildman–Crippen LogP) is 3.96. The molecule has 0 fully saturated rings. The van der Waals surface area contributed by atoms with Gasteiger partial charge >= 0.3 is 0 Å². The average Bonchev–Trinajstić information content (AvgIpc) is 3.03. The van der Waals surface area contributed by atoms with Gasteiger partial charge in [-0.1, -0.05) is 35.5 Å². The molecule has 150 valence electrons. The molecule has 0 aliphatic carbocycles. The highest BCUT2D eigenvalue weighted by molar-refractivity contribution is 7.99. The minimum absolute atomic E-state index is 0.0603. The van der Waals surface area contributed by atoms with Gasteiger partial charge in [0.2, 0.25) is 11.8 Å². The third kappa shape index (κ3) is 5.33. The standard InChI is InChI=1S/C19H17ClFN5O2S/c1-11(27)22-13-5-3-4-12(8-13)18-24-25-19(26(18)2)29-10-17(28)23-14-6-7-16(21)15(20)9-14/h3-9H,10H2,1-2H3,(H,22,27)(H,23,28). The maximum absolute atomic E-state index is 13.2. The molecular weight excluding hydrogens is 417 g/mol. The Labute approximate surface area is 175 Å². The zero-order valence-corrected chi connectivity index (χ0v) is 17.1. The summed E-state index contributed by atoms with van der Waals surface area (Å²) in [6.07, 6.45) is 0. The molecular formula is C19H17ClFN5O2S. The Kier molecular flexibility index (Phi) is 6.50. The van der Waals surface area contributed by atoms with Gasteiger partial charge in [-0.05, 0) is 30.3 Å². The van der Waals surface area contributed by atoms with Gasteiger partial charge in [-0.2, -0.15) is 0 Å². The molecule has 0 aliphatic rings. The van der Waals surface area contributed by atoms with Crippen molar-refractivity contribution < 1.29 is 14.0 Å². The summed E-state index contributed by atoms with van der Waals surface area (Å²) < 4.78 is 15.0. The van der Waals surface area contributed by atoms with Crippen LogP contribution in [0.5, 0.6) is 0 Å². The van der Waals surface area contributed by atoms with E-state index in [9.17, 15) is 14.0 Å². The van der Waals surface area contributed by atoms with Gasteiger partial charge in [-0.3, -0.25) is 9.59 Å². The number of nitrogens with zero attached hydrogens (tertiary/aromatic N) is 3. The molecule has 0 atom stereocenters. The number of amides is 2. The van der Waals surface area contributed by atoms with Gasteiger partial charge in [-0.25, -0.2) is 4.39 Å². The van der Waals surface area contributed by atoms with Crippen molar-refractivity contribution in [3.8, 4) is 11.4 Å². The number of thioether (sulfide) groups is 1. The highest BCUT2D eigenvalue weighted by atomic mass is 35.5. The van der Waals surface area contributed by atoms with Crippen molar-refractivity contribution in [1.29, 1.82) is 0 Å². The quantitative estimate of drug-likeness (QED) is 0.574. The zero-order chi connectivity index (χ0) is 21.0. The molecule has 0 bridgehead atoms. The van der Waals surface area contributed by atoms with Crippen LogP contribution < -0.4 is 10.6 Å². The Balaban J connectivity index is 1.66. The van der Waals surface area contributed by atoms with E-state index < -0.39 is 5.82 Å². The Morgan fingerprint density at radius 3 is 2.62 bits per heavy atom. The van der Waals surface area contributed by atoms with Gasteiger partial charge in [0.15, 0.2) is 11.0 Å². The van der Waals surface area contributed by atoms with Crippen LogP contribution in [-0.4, -0.2) is 32.3 Å². The van der Waals surface area contributed by atoms with Gasteiger partial charge < -0.3 is 15.2 Å². The fourth-order valence-corrected chi connectivity index (χ4v) is 3.42. The van der Waals surface area contributed by atoms with Crippen LogP contribution in [0.4, 0.5) is 15.8 Å². The van der Waals surface area contributed by atoms with Gasteiger partial charge in [0.05, 0.1) is 10.8 Å². The molecule has 0 saturated carbocycles. The van der Waals surface area contributed by atoms with Gasteiger partial charge in [-0.15, -0.1) is 10.2 Å². The average molecular weight is 434 g/mol. The summed E-state index contributed by atoms with van der Waals surface area (Å²) in [5, 5.41) is 14.2. The summed E-state index contributed by atoms with van der Waals surface area (Å²) in [7, 11) is 1.79. The van der Waals surface area contributed by atoms with E-state index >= 15 is 0 Å². The molecule has 0 saturated heterocycles. The second kappa shape index (κ2) is 9.06. The number of carbonyl (C=O) groups excluding carboxylic acids is 2. The smallest absolute Gasteiger partial charge is 0.234 e. The lowest BCUT2D eigenvalue weighted by Crippen LogP contribution is -2.14. The number of halogens is 2. The Hall–Kier alpha value is -2.91. The molecule has 10 heteroatoms. The Bertz CT molecular complexity index is 1070. The summed E-state index contributed by atoms with van der Waals surface area (Å²) in [5.41, 5.74) is 1.85. The Morgan fingerprint density at radius 1 is 1.14 bits per heavy atom. The van der Waals surface area contributed by atoms with E-state index in [2.05, 4.69) is 20.8 Å². The third-order valence-corrected chi connectivity index (χ3v) is 5.12. The maximum atomic E-state index is 13.2. The van der Waals surface area contributed by atoms with Crippen molar-refractivity contribution >= 4 is 46.6 Å². The highest BCUT2D eigenvalue weighted by Gasteiger charge is 2.14. The van der Waals surface area contributed by atoms with Crippen LogP contribution in [0.2, 0.25) is 5.02 Å². The lowest BCUT2D eigenvalue weighted by molar-refractivity contribution is -0.114. The molecule has 0 radical (unpaired) electrons. The number of hydrogen-bond acceptors (Lipinski definition) is 5. The van der Waals surface area contributed by atoms with Gasteiger partial charge in [0.1, 0.15) is 5.82 Å². The summed E-state index contributed by atoms with van der Waals surface area (Å²) >= 11 is 6.93. The number of aromatic nitrogens is 3. The lowest BCUT2D eigenvalue weighted by atomic mass is 10.2. The topological polar surface area (TPSA) is 88.9 Å². The second-order valence-corrected chi connectivity index (χ2v) is 7.44. The van der Waals surface area contributed by atoms with E-state index in [1.165, 1.54) is 36.9 Å². The summed E-state index contributed by atoms with van der Waals surface area (Å²) in [5.74, 6) is -0.300.